The van der Waals surface area contributed by atoms with Gasteiger partial charge in [0.1, 0.15) is 6.04 Å². The summed E-state index contributed by atoms with van der Waals surface area (Å²) in [7, 11) is 3.15. The van der Waals surface area contributed by atoms with Crippen molar-refractivity contribution < 1.29 is 19.1 Å². The Kier molecular flexibility index (Phi) is 7.62. The molecule has 1 atom stereocenters. The molecule has 35 heavy (non-hydrogen) atoms. The maximum Gasteiger partial charge on any atom is 0.252 e. The summed E-state index contributed by atoms with van der Waals surface area (Å²) < 4.78 is 10.8. The fourth-order valence-corrected chi connectivity index (χ4v) is 4.41. The second-order valence-corrected chi connectivity index (χ2v) is 8.51. The lowest BCUT2D eigenvalue weighted by Gasteiger charge is -2.24. The number of thiocarbonyl (C=S) groups is 1. The van der Waals surface area contributed by atoms with Gasteiger partial charge in [0.25, 0.3) is 5.91 Å². The summed E-state index contributed by atoms with van der Waals surface area (Å²) in [6.45, 7) is 0.692. The number of methoxy groups -OCH3 is 2. The molecule has 8 heteroatoms. The molecule has 3 aromatic rings. The Hall–Kier alpha value is -3.91. The van der Waals surface area contributed by atoms with E-state index in [1.54, 1.807) is 19.1 Å². The molecule has 1 aliphatic heterocycles. The largest absolute Gasteiger partial charge is 0.493 e. The number of carbonyl (C=O) groups is 2. The summed E-state index contributed by atoms with van der Waals surface area (Å²) in [5, 5.41) is 3.26. The number of anilines is 1. The van der Waals surface area contributed by atoms with E-state index in [4.69, 9.17) is 21.7 Å². The molecule has 0 bridgehead atoms. The molecule has 1 aliphatic rings. The van der Waals surface area contributed by atoms with Gasteiger partial charge >= 0.3 is 0 Å². The molecule has 0 spiro atoms. The number of nitrogens with one attached hydrogen (secondary N) is 1. The maximum absolute atomic E-state index is 13.5. The predicted molar refractivity (Wildman–Crippen MR) is 138 cm³/mol. The highest BCUT2D eigenvalue weighted by atomic mass is 32.1. The fourth-order valence-electron chi connectivity index (χ4n) is 4.07. The minimum atomic E-state index is -0.719. The average molecular weight is 490 g/mol. The van der Waals surface area contributed by atoms with Crippen LogP contribution in [0.3, 0.4) is 0 Å². The molecule has 1 N–H and O–H groups in total. The third-order valence-corrected chi connectivity index (χ3v) is 6.28. The number of benzene rings is 3. The molecule has 1 unspecified atom stereocenters. The maximum atomic E-state index is 13.5. The lowest BCUT2D eigenvalue weighted by Crippen LogP contribution is -2.37. The van der Waals surface area contributed by atoms with Crippen molar-refractivity contribution in [2.24, 2.45) is 0 Å². The molecule has 2 amide bonds. The topological polar surface area (TPSA) is 71.1 Å². The zero-order chi connectivity index (χ0) is 24.8. The quantitative estimate of drug-likeness (QED) is 0.454. The Bertz CT molecular complexity index is 1200. The first kappa shape index (κ1) is 24.2. The van der Waals surface area contributed by atoms with Gasteiger partial charge in [-0.15, -0.1) is 0 Å². The fraction of sp³-hybridized carbons (Fsp3) is 0.222. The molecule has 0 radical (unpaired) electrons. The summed E-state index contributed by atoms with van der Waals surface area (Å²) in [6.07, 6.45) is -0.0214. The van der Waals surface area contributed by atoms with Crippen molar-refractivity contribution in [2.75, 3.05) is 19.5 Å². The summed E-state index contributed by atoms with van der Waals surface area (Å²) in [4.78, 5) is 29.8. The highest BCUT2D eigenvalue weighted by Crippen LogP contribution is 2.30. The van der Waals surface area contributed by atoms with Crippen LogP contribution in [0.2, 0.25) is 0 Å². The number of carbonyl (C=O) groups excluding carboxylic acids is 2. The van der Waals surface area contributed by atoms with Crippen LogP contribution in [0, 0.1) is 0 Å². The molecule has 1 fully saturated rings. The summed E-state index contributed by atoms with van der Waals surface area (Å²) in [5.74, 6) is 0.750. The molecule has 1 saturated heterocycles. The van der Waals surface area contributed by atoms with Gasteiger partial charge in [0, 0.05) is 12.2 Å². The third-order valence-electron chi connectivity index (χ3n) is 5.82. The van der Waals surface area contributed by atoms with Crippen LogP contribution in [0.4, 0.5) is 5.69 Å². The van der Waals surface area contributed by atoms with Crippen LogP contribution in [-0.4, -0.2) is 47.0 Å². The number of ether oxygens (including phenoxy) is 2. The zero-order valence-corrected chi connectivity index (χ0v) is 20.5. The van der Waals surface area contributed by atoms with E-state index in [2.05, 4.69) is 5.32 Å². The van der Waals surface area contributed by atoms with E-state index in [-0.39, 0.29) is 18.2 Å². The van der Waals surface area contributed by atoms with E-state index in [9.17, 15) is 9.59 Å². The van der Waals surface area contributed by atoms with Gasteiger partial charge in [-0.05, 0) is 47.6 Å². The molecule has 4 rings (SSSR count). The van der Waals surface area contributed by atoms with Gasteiger partial charge in [-0.2, -0.15) is 0 Å². The molecule has 3 aromatic carbocycles. The summed E-state index contributed by atoms with van der Waals surface area (Å²) in [6, 6.07) is 23.7. The summed E-state index contributed by atoms with van der Waals surface area (Å²) in [5.41, 5.74) is 2.52. The van der Waals surface area contributed by atoms with Crippen LogP contribution >= 0.6 is 12.2 Å². The molecule has 0 saturated carbocycles. The van der Waals surface area contributed by atoms with E-state index in [0.29, 0.717) is 35.4 Å². The van der Waals surface area contributed by atoms with E-state index in [1.165, 1.54) is 0 Å². The van der Waals surface area contributed by atoms with Crippen molar-refractivity contribution in [1.29, 1.82) is 0 Å². The Morgan fingerprint density at radius 3 is 2.20 bits per heavy atom. The molecule has 180 valence electrons. The number of hydrogen-bond acceptors (Lipinski definition) is 5. The van der Waals surface area contributed by atoms with Crippen molar-refractivity contribution in [3.63, 3.8) is 0 Å². The second kappa shape index (κ2) is 11.0. The van der Waals surface area contributed by atoms with E-state index >= 15 is 0 Å². The smallest absolute Gasteiger partial charge is 0.252 e. The Morgan fingerprint density at radius 1 is 0.886 bits per heavy atom. The standard InChI is InChI=1S/C27H27N3O4S/c1-33-23-14-13-20(15-24(23)34-2)18-29-22(16-25(31)28-21-11-7-4-8-12-21)26(32)30(27(29)35)17-19-9-5-3-6-10-19/h3-15,22H,16-18H2,1-2H3,(H,28,31). The first-order valence-electron chi connectivity index (χ1n) is 11.2. The predicted octanol–water partition coefficient (Wildman–Crippen LogP) is 4.23. The normalized spacial score (nSPS) is 15.3. The number of rotatable bonds is 9. The minimum Gasteiger partial charge on any atom is -0.493 e. The monoisotopic (exact) mass is 489 g/mol. The Labute approximate surface area is 210 Å². The lowest BCUT2D eigenvalue weighted by molar-refractivity contribution is -0.131. The molecule has 1 heterocycles. The first-order chi connectivity index (χ1) is 17.0. The number of amides is 2. The molecule has 0 aliphatic carbocycles. The van der Waals surface area contributed by atoms with Crippen LogP contribution in [0.5, 0.6) is 11.5 Å². The Morgan fingerprint density at radius 2 is 1.54 bits per heavy atom. The van der Waals surface area contributed by atoms with E-state index in [0.717, 1.165) is 11.1 Å². The molecular formula is C27H27N3O4S. The van der Waals surface area contributed by atoms with Gasteiger partial charge in [0.2, 0.25) is 5.91 Å². The van der Waals surface area contributed by atoms with Gasteiger partial charge in [-0.3, -0.25) is 14.5 Å². The van der Waals surface area contributed by atoms with Crippen molar-refractivity contribution in [3.8, 4) is 11.5 Å². The van der Waals surface area contributed by atoms with Crippen LogP contribution in [-0.2, 0) is 22.7 Å². The van der Waals surface area contributed by atoms with Crippen LogP contribution in [0.1, 0.15) is 17.5 Å². The van der Waals surface area contributed by atoms with Gasteiger partial charge < -0.3 is 19.7 Å². The van der Waals surface area contributed by atoms with Crippen LogP contribution in [0.25, 0.3) is 0 Å². The molecule has 0 aromatic heterocycles. The van der Waals surface area contributed by atoms with Gasteiger partial charge in [-0.1, -0.05) is 54.6 Å². The van der Waals surface area contributed by atoms with Gasteiger partial charge in [0.05, 0.1) is 27.2 Å². The lowest BCUT2D eigenvalue weighted by atomic mass is 10.1. The van der Waals surface area contributed by atoms with Gasteiger partial charge in [0.15, 0.2) is 16.6 Å². The second-order valence-electron chi connectivity index (χ2n) is 8.14. The minimum absolute atomic E-state index is 0.0214. The van der Waals surface area contributed by atoms with Crippen LogP contribution in [0.15, 0.2) is 78.9 Å². The van der Waals surface area contributed by atoms with Crippen molar-refractivity contribution in [3.05, 3.63) is 90.0 Å². The van der Waals surface area contributed by atoms with Crippen LogP contribution < -0.4 is 14.8 Å². The SMILES string of the molecule is COc1ccc(CN2C(=S)N(Cc3ccccc3)C(=O)C2CC(=O)Nc2ccccc2)cc1OC. The Balaban J connectivity index is 1.59. The first-order valence-corrected chi connectivity index (χ1v) is 11.6. The number of nitrogens with zero attached hydrogens (tertiary/aromatic N) is 2. The average Bonchev–Trinajstić information content (AvgIpc) is 3.09. The highest BCUT2D eigenvalue weighted by Gasteiger charge is 2.43. The summed E-state index contributed by atoms with van der Waals surface area (Å²) >= 11 is 5.75. The van der Waals surface area contributed by atoms with E-state index < -0.39 is 6.04 Å². The molecule has 7 nitrogen and oxygen atoms in total. The zero-order valence-electron chi connectivity index (χ0n) is 19.6. The number of para-hydroxylation sites is 1. The number of hydrogen-bond donors (Lipinski definition) is 1. The van der Waals surface area contributed by atoms with Gasteiger partial charge in [-0.25, -0.2) is 0 Å². The van der Waals surface area contributed by atoms with Crippen molar-refractivity contribution in [1.82, 2.24) is 9.80 Å². The molecular weight excluding hydrogens is 462 g/mol. The third kappa shape index (κ3) is 5.60. The van der Waals surface area contributed by atoms with Crippen molar-refractivity contribution >= 4 is 34.8 Å². The van der Waals surface area contributed by atoms with E-state index in [1.807, 2.05) is 83.8 Å². The highest BCUT2D eigenvalue weighted by molar-refractivity contribution is 7.80. The van der Waals surface area contributed by atoms with Crippen molar-refractivity contribution in [2.45, 2.75) is 25.6 Å².